The first-order valence-electron chi connectivity index (χ1n) is 6.52. The second-order valence-electron chi connectivity index (χ2n) is 4.72. The summed E-state index contributed by atoms with van der Waals surface area (Å²) >= 11 is 5.99. The van der Waals surface area contributed by atoms with E-state index in [1.165, 1.54) is 11.1 Å². The number of hydrogen-bond acceptors (Lipinski definition) is 2. The molecule has 0 fully saturated rings. The van der Waals surface area contributed by atoms with Crippen molar-refractivity contribution in [2.45, 2.75) is 25.3 Å². The molecule has 1 atom stereocenters. The van der Waals surface area contributed by atoms with Crippen LogP contribution in [-0.2, 0) is 12.8 Å². The topological polar surface area (TPSA) is 38.0 Å². The van der Waals surface area contributed by atoms with Gasteiger partial charge in [-0.25, -0.2) is 0 Å². The van der Waals surface area contributed by atoms with Crippen molar-refractivity contribution in [2.24, 2.45) is 5.84 Å². The predicted molar refractivity (Wildman–Crippen MR) is 81.0 cm³/mol. The average Bonchev–Trinajstić information content (AvgIpc) is 2.44. The Morgan fingerprint density at radius 3 is 2.42 bits per heavy atom. The van der Waals surface area contributed by atoms with Crippen LogP contribution in [0.5, 0.6) is 0 Å². The van der Waals surface area contributed by atoms with E-state index >= 15 is 0 Å². The van der Waals surface area contributed by atoms with Crippen molar-refractivity contribution in [1.82, 2.24) is 5.43 Å². The van der Waals surface area contributed by atoms with Gasteiger partial charge in [0.15, 0.2) is 0 Å². The number of aryl methyl sites for hydroxylation is 1. The maximum absolute atomic E-state index is 5.99. The van der Waals surface area contributed by atoms with E-state index in [0.717, 1.165) is 24.3 Å². The summed E-state index contributed by atoms with van der Waals surface area (Å²) in [7, 11) is 0. The summed E-state index contributed by atoms with van der Waals surface area (Å²) in [5.74, 6) is 5.64. The van der Waals surface area contributed by atoms with Crippen LogP contribution in [0.3, 0.4) is 0 Å². The molecule has 1 unspecified atom stereocenters. The van der Waals surface area contributed by atoms with Gasteiger partial charge in [-0.05, 0) is 42.5 Å². The first kappa shape index (κ1) is 14.1. The third kappa shape index (κ3) is 4.67. The van der Waals surface area contributed by atoms with Gasteiger partial charge in [0.25, 0.3) is 0 Å². The third-order valence-corrected chi connectivity index (χ3v) is 3.47. The highest BCUT2D eigenvalue weighted by atomic mass is 35.5. The highest BCUT2D eigenvalue weighted by Crippen LogP contribution is 2.14. The highest BCUT2D eigenvalue weighted by Gasteiger charge is 2.08. The van der Waals surface area contributed by atoms with Crippen LogP contribution in [0.4, 0.5) is 0 Å². The first-order valence-corrected chi connectivity index (χ1v) is 6.90. The Hall–Kier alpha value is -1.35. The third-order valence-electron chi connectivity index (χ3n) is 3.23. The second-order valence-corrected chi connectivity index (χ2v) is 5.16. The molecule has 0 aliphatic heterocycles. The Morgan fingerprint density at radius 2 is 1.74 bits per heavy atom. The lowest BCUT2D eigenvalue weighted by Gasteiger charge is -2.16. The van der Waals surface area contributed by atoms with E-state index in [4.69, 9.17) is 17.4 Å². The molecule has 0 radical (unpaired) electrons. The van der Waals surface area contributed by atoms with E-state index < -0.39 is 0 Å². The van der Waals surface area contributed by atoms with E-state index in [1.54, 1.807) is 0 Å². The lowest BCUT2D eigenvalue weighted by Crippen LogP contribution is -2.37. The van der Waals surface area contributed by atoms with Crippen molar-refractivity contribution in [3.8, 4) is 0 Å². The maximum atomic E-state index is 5.99. The molecule has 0 aliphatic rings. The van der Waals surface area contributed by atoms with Gasteiger partial charge in [-0.1, -0.05) is 54.1 Å². The molecule has 19 heavy (non-hydrogen) atoms. The quantitative estimate of drug-likeness (QED) is 0.626. The minimum Gasteiger partial charge on any atom is -0.271 e. The SMILES string of the molecule is NNC(CCc1ccccc1)Cc1cccc(Cl)c1. The van der Waals surface area contributed by atoms with Crippen molar-refractivity contribution in [1.29, 1.82) is 0 Å². The van der Waals surface area contributed by atoms with Gasteiger partial charge < -0.3 is 0 Å². The molecule has 0 saturated heterocycles. The Labute approximate surface area is 119 Å². The van der Waals surface area contributed by atoms with Crippen molar-refractivity contribution in [2.75, 3.05) is 0 Å². The normalized spacial score (nSPS) is 12.3. The van der Waals surface area contributed by atoms with E-state index in [1.807, 2.05) is 24.3 Å². The maximum Gasteiger partial charge on any atom is 0.0408 e. The number of hydrogen-bond donors (Lipinski definition) is 2. The molecular weight excluding hydrogens is 256 g/mol. The van der Waals surface area contributed by atoms with Gasteiger partial charge in [-0.3, -0.25) is 11.3 Å². The zero-order valence-electron chi connectivity index (χ0n) is 10.9. The molecule has 0 saturated carbocycles. The summed E-state index contributed by atoms with van der Waals surface area (Å²) in [6.07, 6.45) is 2.92. The van der Waals surface area contributed by atoms with Crippen molar-refractivity contribution < 1.29 is 0 Å². The van der Waals surface area contributed by atoms with Crippen molar-refractivity contribution in [3.05, 3.63) is 70.7 Å². The van der Waals surface area contributed by atoms with Gasteiger partial charge in [0.2, 0.25) is 0 Å². The monoisotopic (exact) mass is 274 g/mol. The van der Waals surface area contributed by atoms with Crippen LogP contribution < -0.4 is 11.3 Å². The van der Waals surface area contributed by atoms with Gasteiger partial charge in [0.1, 0.15) is 0 Å². The van der Waals surface area contributed by atoms with Crippen LogP contribution >= 0.6 is 11.6 Å². The van der Waals surface area contributed by atoms with Gasteiger partial charge in [-0.2, -0.15) is 0 Å². The lowest BCUT2D eigenvalue weighted by atomic mass is 9.99. The molecule has 0 aromatic heterocycles. The molecule has 0 heterocycles. The molecule has 0 bridgehead atoms. The smallest absolute Gasteiger partial charge is 0.0408 e. The molecule has 2 aromatic carbocycles. The lowest BCUT2D eigenvalue weighted by molar-refractivity contribution is 0.491. The van der Waals surface area contributed by atoms with E-state index in [0.29, 0.717) is 0 Å². The molecule has 2 nitrogen and oxygen atoms in total. The molecule has 2 aromatic rings. The largest absolute Gasteiger partial charge is 0.271 e. The molecule has 2 rings (SSSR count). The summed E-state index contributed by atoms with van der Waals surface area (Å²) in [6, 6.07) is 18.7. The fraction of sp³-hybridized carbons (Fsp3) is 0.250. The minimum atomic E-state index is 0.263. The summed E-state index contributed by atoms with van der Waals surface area (Å²) in [6.45, 7) is 0. The van der Waals surface area contributed by atoms with E-state index in [2.05, 4.69) is 35.8 Å². The van der Waals surface area contributed by atoms with Crippen molar-refractivity contribution >= 4 is 11.6 Å². The van der Waals surface area contributed by atoms with Crippen LogP contribution in [0.25, 0.3) is 0 Å². The summed E-state index contributed by atoms with van der Waals surface area (Å²) < 4.78 is 0. The molecule has 3 N–H and O–H groups in total. The first-order chi connectivity index (χ1) is 9.28. The number of benzene rings is 2. The summed E-state index contributed by atoms with van der Waals surface area (Å²) in [5.41, 5.74) is 5.45. The minimum absolute atomic E-state index is 0.263. The van der Waals surface area contributed by atoms with Crippen LogP contribution in [-0.4, -0.2) is 6.04 Å². The molecule has 3 heteroatoms. The van der Waals surface area contributed by atoms with Gasteiger partial charge >= 0.3 is 0 Å². The molecule has 0 spiro atoms. The zero-order valence-corrected chi connectivity index (χ0v) is 11.6. The van der Waals surface area contributed by atoms with Crippen LogP contribution in [0, 0.1) is 0 Å². The predicted octanol–water partition coefficient (Wildman–Crippen LogP) is 3.35. The van der Waals surface area contributed by atoms with E-state index in [-0.39, 0.29) is 6.04 Å². The number of nitrogens with one attached hydrogen (secondary N) is 1. The van der Waals surface area contributed by atoms with Crippen molar-refractivity contribution in [3.63, 3.8) is 0 Å². The Bertz CT molecular complexity index is 499. The average molecular weight is 275 g/mol. The number of rotatable bonds is 6. The Morgan fingerprint density at radius 1 is 1.00 bits per heavy atom. The molecular formula is C16H19ClN2. The Balaban J connectivity index is 1.90. The second kappa shape index (κ2) is 7.29. The molecule has 0 aliphatic carbocycles. The van der Waals surface area contributed by atoms with E-state index in [9.17, 15) is 0 Å². The summed E-state index contributed by atoms with van der Waals surface area (Å²) in [5, 5.41) is 0.774. The number of hydrazine groups is 1. The standard InChI is InChI=1S/C16H19ClN2/c17-15-8-4-7-14(11-15)12-16(19-18)10-9-13-5-2-1-3-6-13/h1-8,11,16,19H,9-10,12,18H2. The fourth-order valence-corrected chi connectivity index (χ4v) is 2.39. The van der Waals surface area contributed by atoms with Crippen LogP contribution in [0.1, 0.15) is 17.5 Å². The molecule has 0 amide bonds. The highest BCUT2D eigenvalue weighted by molar-refractivity contribution is 6.30. The number of halogens is 1. The molecule has 100 valence electrons. The zero-order chi connectivity index (χ0) is 13.5. The van der Waals surface area contributed by atoms with Gasteiger partial charge in [0, 0.05) is 11.1 Å². The fourth-order valence-electron chi connectivity index (χ4n) is 2.18. The van der Waals surface area contributed by atoms with Crippen LogP contribution in [0.15, 0.2) is 54.6 Å². The van der Waals surface area contributed by atoms with Crippen LogP contribution in [0.2, 0.25) is 5.02 Å². The Kier molecular flexibility index (Phi) is 5.40. The number of nitrogens with two attached hydrogens (primary N) is 1. The van der Waals surface area contributed by atoms with Gasteiger partial charge in [-0.15, -0.1) is 0 Å². The summed E-state index contributed by atoms with van der Waals surface area (Å²) in [4.78, 5) is 0. The van der Waals surface area contributed by atoms with Gasteiger partial charge in [0.05, 0.1) is 0 Å².